The topological polar surface area (TPSA) is 167 Å². The number of amides is 4. The van der Waals surface area contributed by atoms with Crippen LogP contribution in [0.15, 0.2) is 83.8 Å². The molecule has 2 aliphatic carbocycles. The smallest absolute Gasteiger partial charge is 0.274 e. The van der Waals surface area contributed by atoms with Gasteiger partial charge in [0, 0.05) is 107 Å². The van der Waals surface area contributed by atoms with E-state index in [-0.39, 0.29) is 53.0 Å². The number of hydrogen-bond donors (Lipinski definition) is 3. The number of benzene rings is 3. The molecule has 75 heavy (non-hydrogen) atoms. The zero-order valence-electron chi connectivity index (χ0n) is 43.5. The zero-order chi connectivity index (χ0) is 52.2. The average molecular weight is 1020 g/mol. The van der Waals surface area contributed by atoms with Crippen molar-refractivity contribution in [3.05, 3.63) is 145 Å². The van der Waals surface area contributed by atoms with Gasteiger partial charge in [0.05, 0.1) is 30.0 Å². The van der Waals surface area contributed by atoms with Crippen LogP contribution in [0.1, 0.15) is 88.3 Å². The van der Waals surface area contributed by atoms with E-state index in [9.17, 15) is 24.0 Å². The predicted octanol–water partition coefficient (Wildman–Crippen LogP) is 4.60. The summed E-state index contributed by atoms with van der Waals surface area (Å²) in [6, 6.07) is 23.0. The molecule has 5 fully saturated rings. The molecule has 1 saturated carbocycles. The average Bonchev–Trinajstić information content (AvgIpc) is 3.42. The first-order valence-electron chi connectivity index (χ1n) is 26.9. The Morgan fingerprint density at radius 2 is 1.59 bits per heavy atom. The highest BCUT2D eigenvalue weighted by atomic mass is 19.1. The molecule has 392 valence electrons. The fourth-order valence-corrected chi connectivity index (χ4v) is 11.9. The number of halogens is 1. The first kappa shape index (κ1) is 51.6. The Balaban J connectivity index is 0.696. The molecule has 11 rings (SSSR count). The van der Waals surface area contributed by atoms with Crippen LogP contribution in [0.25, 0.3) is 23.3 Å². The van der Waals surface area contributed by atoms with E-state index in [2.05, 4.69) is 62.7 Å². The van der Waals surface area contributed by atoms with Gasteiger partial charge in [0.15, 0.2) is 5.69 Å². The summed E-state index contributed by atoms with van der Waals surface area (Å²) in [6.45, 7) is 13.4. The summed E-state index contributed by atoms with van der Waals surface area (Å²) in [5, 5.41) is 14.6. The quantitative estimate of drug-likeness (QED) is 0.135. The van der Waals surface area contributed by atoms with Gasteiger partial charge in [-0.3, -0.25) is 28.9 Å². The van der Waals surface area contributed by atoms with Gasteiger partial charge in [-0.25, -0.2) is 14.5 Å². The molecule has 4 amide bonds. The van der Waals surface area contributed by atoms with Crippen LogP contribution in [0, 0.1) is 30.5 Å². The Labute approximate surface area is 437 Å². The summed E-state index contributed by atoms with van der Waals surface area (Å²) >= 11 is 0. The summed E-state index contributed by atoms with van der Waals surface area (Å²) in [5.74, 6) is -0.297. The maximum atomic E-state index is 15.2. The fourth-order valence-electron chi connectivity index (χ4n) is 11.9. The second-order valence-electron chi connectivity index (χ2n) is 21.4. The van der Waals surface area contributed by atoms with Gasteiger partial charge in [-0.15, -0.1) is 0 Å². The lowest BCUT2D eigenvalue weighted by atomic mass is 9.71. The van der Waals surface area contributed by atoms with Crippen molar-refractivity contribution < 1.29 is 23.6 Å². The van der Waals surface area contributed by atoms with E-state index in [0.29, 0.717) is 86.2 Å². The van der Waals surface area contributed by atoms with E-state index in [1.165, 1.54) is 11.6 Å². The van der Waals surface area contributed by atoms with Crippen molar-refractivity contribution in [3.63, 3.8) is 0 Å². The number of aromatic nitrogens is 3. The minimum absolute atomic E-state index is 0.0122. The maximum Gasteiger partial charge on any atom is 0.274 e. The molecule has 2 aromatic heterocycles. The van der Waals surface area contributed by atoms with Crippen molar-refractivity contribution >= 4 is 41.5 Å². The number of piperazine rings is 2. The van der Waals surface area contributed by atoms with Crippen LogP contribution in [0.4, 0.5) is 10.1 Å². The molecule has 4 aliphatic heterocycles. The van der Waals surface area contributed by atoms with Crippen LogP contribution in [0.3, 0.4) is 0 Å². The lowest BCUT2D eigenvalue weighted by Gasteiger charge is -2.51. The number of H-pyrrole nitrogens is 1. The van der Waals surface area contributed by atoms with Crippen molar-refractivity contribution in [2.24, 2.45) is 17.8 Å². The first-order chi connectivity index (χ1) is 36.3. The van der Waals surface area contributed by atoms with Gasteiger partial charge in [-0.2, -0.15) is 5.10 Å². The third kappa shape index (κ3) is 12.0. The molecule has 3 aromatic carbocycles. The fraction of sp³-hybridized carbons (Fsp3) is 0.441. The van der Waals surface area contributed by atoms with Crippen LogP contribution >= 0.6 is 0 Å². The summed E-state index contributed by atoms with van der Waals surface area (Å²) in [7, 11) is 0. The van der Waals surface area contributed by atoms with Gasteiger partial charge < -0.3 is 30.2 Å². The van der Waals surface area contributed by atoms with Gasteiger partial charge in [0.1, 0.15) is 5.82 Å². The zero-order valence-corrected chi connectivity index (χ0v) is 43.5. The van der Waals surface area contributed by atoms with Gasteiger partial charge in [0.25, 0.3) is 17.4 Å². The number of carbonyl (C=O) groups excluding carboxylic acids is 4. The molecule has 6 heterocycles. The van der Waals surface area contributed by atoms with Crippen LogP contribution in [0.5, 0.6) is 0 Å². The minimum Gasteiger partial charge on any atom is -0.338 e. The van der Waals surface area contributed by atoms with Crippen molar-refractivity contribution in [3.8, 4) is 11.1 Å². The summed E-state index contributed by atoms with van der Waals surface area (Å²) < 4.78 is 15.2. The van der Waals surface area contributed by atoms with E-state index in [1.807, 2.05) is 65.3 Å². The predicted molar refractivity (Wildman–Crippen MR) is 288 cm³/mol. The highest BCUT2D eigenvalue weighted by Gasteiger charge is 2.44. The number of nitrogens with zero attached hydrogens (tertiary/aromatic N) is 7. The molecule has 4 atom stereocenters. The van der Waals surface area contributed by atoms with Crippen molar-refractivity contribution in [1.82, 2.24) is 45.0 Å². The molecule has 4 unspecified atom stereocenters. The van der Waals surface area contributed by atoms with E-state index in [0.717, 1.165) is 92.3 Å². The molecule has 16 heteroatoms. The maximum absolute atomic E-state index is 15.2. The number of piperidine rings is 2. The number of fused-ring (bicyclic) bond motifs is 4. The third-order valence-electron chi connectivity index (χ3n) is 16.1. The summed E-state index contributed by atoms with van der Waals surface area (Å²) in [6.07, 6.45) is 10.7. The molecular weight excluding hydrogens is 948 g/mol. The first-order valence-corrected chi connectivity index (χ1v) is 26.9. The Hall–Kier alpha value is -6.88. The molecule has 15 nitrogen and oxygen atoms in total. The normalized spacial score (nSPS) is 20.8. The number of aromatic amines is 1. The number of pyridine rings is 1. The highest BCUT2D eigenvalue weighted by molar-refractivity contribution is 6.03. The standard InChI is InChI=1S/C59H69FN10O5/c1-4-40-8-6-10-43(27-40)45-31-53(63-54(71)34-61-32-42-9-5-7-38(2)25-42)56(62-33-45)59(75)70-36-44-13-14-47(70)30-46(44)35-66-17-19-67(20-18-66)37-55(72)68-21-23-69(24-22-68)58(74)50-28-41(12-16-51(50)60)29-52-48-15-11-39(3)26-49(48)57(73)65-64-52/h5-10,12,15-16,25-28,31,33,39,44,46-47,61H,4,11,13-14,17-24,29-30,32,34-37H2,1-3H3,(H,63,71)(H,65,73). The lowest BCUT2D eigenvalue weighted by Crippen LogP contribution is -2.58. The van der Waals surface area contributed by atoms with Gasteiger partial charge in [0.2, 0.25) is 11.8 Å². The second-order valence-corrected chi connectivity index (χ2v) is 21.4. The van der Waals surface area contributed by atoms with Crippen molar-refractivity contribution in [2.45, 2.75) is 71.9 Å². The van der Waals surface area contributed by atoms with Gasteiger partial charge in [-0.1, -0.05) is 86.2 Å². The number of hydrogen-bond acceptors (Lipinski definition) is 10. The number of aryl methyl sites for hydroxylation is 2. The molecule has 3 N–H and O–H groups in total. The van der Waals surface area contributed by atoms with E-state index in [1.54, 1.807) is 23.2 Å². The Morgan fingerprint density at radius 3 is 2.36 bits per heavy atom. The highest BCUT2D eigenvalue weighted by Crippen LogP contribution is 2.41. The molecule has 6 aliphatic rings. The summed E-state index contributed by atoms with van der Waals surface area (Å²) in [4.78, 5) is 82.7. The SMILES string of the molecule is CCc1cccc(-c2cnc(C(=O)N3CC4CCC3CC4CN3CCN(CC(=O)N4CCN(C(=O)c5cc(Cc6n[nH]c(=O)c7c6=CCC(C)C=7)ccc5F)CC4)CC3)c(NC(=O)CNCc3cccc(C)c3)c2)c1. The Kier molecular flexibility index (Phi) is 15.8. The van der Waals surface area contributed by atoms with Gasteiger partial charge in [-0.05, 0) is 97.2 Å². The largest absolute Gasteiger partial charge is 0.338 e. The van der Waals surface area contributed by atoms with Crippen LogP contribution in [-0.4, -0.2) is 148 Å². The Morgan fingerprint density at radius 1 is 0.813 bits per heavy atom. The molecule has 0 radical (unpaired) electrons. The number of carbonyl (C=O) groups is 4. The second kappa shape index (κ2) is 22.9. The number of anilines is 1. The molecule has 5 aromatic rings. The monoisotopic (exact) mass is 1020 g/mol. The molecule has 4 saturated heterocycles. The van der Waals surface area contributed by atoms with Crippen molar-refractivity contribution in [1.29, 1.82) is 0 Å². The summed E-state index contributed by atoms with van der Waals surface area (Å²) in [5.41, 5.74) is 7.10. The Bertz CT molecular complexity index is 3150. The third-order valence-corrected chi connectivity index (χ3v) is 16.1. The lowest BCUT2D eigenvalue weighted by molar-refractivity contribution is -0.134. The number of rotatable bonds is 15. The van der Waals surface area contributed by atoms with E-state index in [4.69, 9.17) is 4.98 Å². The van der Waals surface area contributed by atoms with Crippen LogP contribution < -0.4 is 26.6 Å². The number of nitrogens with one attached hydrogen (secondary N) is 3. The molecule has 0 spiro atoms. The van der Waals surface area contributed by atoms with E-state index < -0.39 is 11.7 Å². The van der Waals surface area contributed by atoms with Crippen LogP contribution in [-0.2, 0) is 29.0 Å². The molecule has 2 bridgehead atoms. The van der Waals surface area contributed by atoms with Crippen LogP contribution in [0.2, 0.25) is 0 Å². The van der Waals surface area contributed by atoms with Crippen molar-refractivity contribution in [2.75, 3.05) is 83.9 Å². The van der Waals surface area contributed by atoms with E-state index >= 15 is 4.39 Å². The minimum atomic E-state index is -0.598. The molecular formula is C59H69FN10O5. The van der Waals surface area contributed by atoms with Gasteiger partial charge >= 0.3 is 0 Å².